The van der Waals surface area contributed by atoms with Gasteiger partial charge in [0.2, 0.25) is 5.78 Å². The Morgan fingerprint density at radius 3 is 2.59 bits per heavy atom. The standard InChI is InChI=1S/C24H22BrClN2O4/c1-27(2)10-3-11-28-21(14-4-7-17(26)8-5-14)20(23(30)24(28)31)22(29)19-13-15-12-16(25)6-9-18(15)32-19/h4-9,12-13,21,30H,3,10-11H2,1-2H3. The van der Waals surface area contributed by atoms with Crippen LogP contribution in [0.2, 0.25) is 5.02 Å². The third kappa shape index (κ3) is 4.33. The van der Waals surface area contributed by atoms with E-state index in [0.29, 0.717) is 29.1 Å². The summed E-state index contributed by atoms with van der Waals surface area (Å²) in [5.74, 6) is -1.55. The zero-order valence-electron chi connectivity index (χ0n) is 17.6. The number of amides is 1. The summed E-state index contributed by atoms with van der Waals surface area (Å²) in [6.45, 7) is 1.15. The number of nitrogens with zero attached hydrogens (tertiary/aromatic N) is 2. The molecule has 0 aliphatic carbocycles. The van der Waals surface area contributed by atoms with Crippen molar-refractivity contribution >= 4 is 50.2 Å². The minimum absolute atomic E-state index is 0.0142. The van der Waals surface area contributed by atoms with E-state index in [4.69, 9.17) is 16.0 Å². The molecule has 0 spiro atoms. The van der Waals surface area contributed by atoms with Gasteiger partial charge in [-0.3, -0.25) is 9.59 Å². The highest BCUT2D eigenvalue weighted by molar-refractivity contribution is 9.10. The summed E-state index contributed by atoms with van der Waals surface area (Å²) in [4.78, 5) is 30.0. The Morgan fingerprint density at radius 1 is 1.19 bits per heavy atom. The average Bonchev–Trinajstić information content (AvgIpc) is 3.27. The molecule has 0 fully saturated rings. The van der Waals surface area contributed by atoms with E-state index in [2.05, 4.69) is 15.9 Å². The van der Waals surface area contributed by atoms with Crippen LogP contribution in [0.15, 0.2) is 68.8 Å². The zero-order valence-corrected chi connectivity index (χ0v) is 20.0. The summed E-state index contributed by atoms with van der Waals surface area (Å²) in [5.41, 5.74) is 1.26. The Kier molecular flexibility index (Phi) is 6.42. The number of benzene rings is 2. The number of fused-ring (bicyclic) bond motifs is 1. The van der Waals surface area contributed by atoms with Crippen molar-refractivity contribution in [2.24, 2.45) is 0 Å². The molecule has 8 heteroatoms. The molecular weight excluding hydrogens is 496 g/mol. The Balaban J connectivity index is 1.74. The molecular formula is C24H22BrClN2O4. The third-order valence-electron chi connectivity index (χ3n) is 5.44. The van der Waals surface area contributed by atoms with Crippen LogP contribution in [0.25, 0.3) is 11.0 Å². The molecule has 1 aliphatic heterocycles. The van der Waals surface area contributed by atoms with E-state index in [0.717, 1.165) is 16.4 Å². The van der Waals surface area contributed by atoms with Crippen molar-refractivity contribution in [3.05, 3.63) is 80.7 Å². The first kappa shape index (κ1) is 22.6. The van der Waals surface area contributed by atoms with Crippen molar-refractivity contribution < 1.29 is 19.1 Å². The van der Waals surface area contributed by atoms with Crippen molar-refractivity contribution in [1.29, 1.82) is 0 Å². The number of ketones is 1. The van der Waals surface area contributed by atoms with Crippen LogP contribution in [0.3, 0.4) is 0 Å². The number of halogens is 2. The molecule has 3 aromatic rings. The molecule has 2 aromatic carbocycles. The Hall–Kier alpha value is -2.61. The first-order valence-electron chi connectivity index (χ1n) is 10.1. The Morgan fingerprint density at radius 2 is 1.91 bits per heavy atom. The predicted octanol–water partition coefficient (Wildman–Crippen LogP) is 5.38. The maximum Gasteiger partial charge on any atom is 0.290 e. The van der Waals surface area contributed by atoms with Gasteiger partial charge in [0.15, 0.2) is 11.5 Å². The first-order chi connectivity index (χ1) is 15.3. The smallest absolute Gasteiger partial charge is 0.290 e. The van der Waals surface area contributed by atoms with Crippen LogP contribution in [0.4, 0.5) is 0 Å². The molecule has 32 heavy (non-hydrogen) atoms. The van der Waals surface area contributed by atoms with E-state index in [1.807, 2.05) is 31.1 Å². The van der Waals surface area contributed by atoms with Gasteiger partial charge in [0.05, 0.1) is 11.6 Å². The Labute approximate surface area is 199 Å². The van der Waals surface area contributed by atoms with Gasteiger partial charge in [0, 0.05) is 21.4 Å². The van der Waals surface area contributed by atoms with Gasteiger partial charge in [0.1, 0.15) is 5.58 Å². The topological polar surface area (TPSA) is 74.0 Å². The largest absolute Gasteiger partial charge is 0.503 e. The number of Topliss-reactive ketones (excluding diaryl/α,β-unsaturated/α-hetero) is 1. The number of aliphatic hydroxyl groups is 1. The van der Waals surface area contributed by atoms with Crippen LogP contribution in [0, 0.1) is 0 Å². The van der Waals surface area contributed by atoms with Crippen LogP contribution < -0.4 is 0 Å². The second-order valence-electron chi connectivity index (χ2n) is 7.99. The highest BCUT2D eigenvalue weighted by Crippen LogP contribution is 2.40. The number of rotatable bonds is 7. The number of carbonyl (C=O) groups excluding carboxylic acids is 2. The quantitative estimate of drug-likeness (QED) is 0.426. The van der Waals surface area contributed by atoms with Crippen molar-refractivity contribution in [2.45, 2.75) is 12.5 Å². The zero-order chi connectivity index (χ0) is 23.0. The number of carbonyl (C=O) groups is 2. The second kappa shape index (κ2) is 9.10. The molecule has 0 saturated carbocycles. The van der Waals surface area contributed by atoms with Crippen molar-refractivity contribution in [3.8, 4) is 0 Å². The van der Waals surface area contributed by atoms with E-state index in [-0.39, 0.29) is 11.3 Å². The third-order valence-corrected chi connectivity index (χ3v) is 6.19. The summed E-state index contributed by atoms with van der Waals surface area (Å²) in [6, 6.07) is 13.3. The van der Waals surface area contributed by atoms with Crippen molar-refractivity contribution in [3.63, 3.8) is 0 Å². The molecule has 4 rings (SSSR count). The molecule has 1 atom stereocenters. The summed E-state index contributed by atoms with van der Waals surface area (Å²) in [6.07, 6.45) is 0.691. The average molecular weight is 518 g/mol. The normalized spacial score (nSPS) is 16.6. The Bertz CT molecular complexity index is 1220. The summed E-state index contributed by atoms with van der Waals surface area (Å²) in [7, 11) is 3.90. The lowest BCUT2D eigenvalue weighted by Gasteiger charge is -2.27. The molecule has 0 saturated heterocycles. The molecule has 1 unspecified atom stereocenters. The van der Waals surface area contributed by atoms with Crippen LogP contribution in [0.5, 0.6) is 0 Å². The van der Waals surface area contributed by atoms with E-state index < -0.39 is 23.5 Å². The van der Waals surface area contributed by atoms with Crippen LogP contribution in [0.1, 0.15) is 28.6 Å². The summed E-state index contributed by atoms with van der Waals surface area (Å²) < 4.78 is 6.61. The van der Waals surface area contributed by atoms with E-state index in [1.165, 1.54) is 4.90 Å². The van der Waals surface area contributed by atoms with Gasteiger partial charge in [0.25, 0.3) is 5.91 Å². The number of furan rings is 1. The molecule has 1 amide bonds. The minimum atomic E-state index is -0.727. The molecule has 1 N–H and O–H groups in total. The summed E-state index contributed by atoms with van der Waals surface area (Å²) in [5, 5.41) is 12.0. The monoisotopic (exact) mass is 516 g/mol. The lowest BCUT2D eigenvalue weighted by molar-refractivity contribution is -0.129. The molecule has 6 nitrogen and oxygen atoms in total. The van der Waals surface area contributed by atoms with E-state index >= 15 is 0 Å². The second-order valence-corrected chi connectivity index (χ2v) is 9.35. The fourth-order valence-corrected chi connectivity index (χ4v) is 4.43. The van der Waals surface area contributed by atoms with Crippen LogP contribution >= 0.6 is 27.5 Å². The highest BCUT2D eigenvalue weighted by atomic mass is 79.9. The molecule has 1 aromatic heterocycles. The van der Waals surface area contributed by atoms with Crippen molar-refractivity contribution in [2.75, 3.05) is 27.2 Å². The first-order valence-corrected chi connectivity index (χ1v) is 11.3. The van der Waals surface area contributed by atoms with E-state index in [9.17, 15) is 14.7 Å². The molecule has 0 bridgehead atoms. The van der Waals surface area contributed by atoms with Gasteiger partial charge in [-0.05, 0) is 69.0 Å². The molecule has 166 valence electrons. The molecule has 2 heterocycles. The number of hydrogen-bond donors (Lipinski definition) is 1. The van der Waals surface area contributed by atoms with Gasteiger partial charge in [-0.1, -0.05) is 39.7 Å². The SMILES string of the molecule is CN(C)CCCN1C(=O)C(O)=C(C(=O)c2cc3cc(Br)ccc3o2)C1c1ccc(Cl)cc1. The van der Waals surface area contributed by atoms with Gasteiger partial charge in [-0.25, -0.2) is 0 Å². The lowest BCUT2D eigenvalue weighted by atomic mass is 9.95. The van der Waals surface area contributed by atoms with E-state index in [1.54, 1.807) is 36.4 Å². The number of hydrogen-bond acceptors (Lipinski definition) is 5. The van der Waals surface area contributed by atoms with Gasteiger partial charge in [-0.2, -0.15) is 0 Å². The van der Waals surface area contributed by atoms with Crippen LogP contribution in [-0.2, 0) is 4.79 Å². The van der Waals surface area contributed by atoms with Gasteiger partial charge in [-0.15, -0.1) is 0 Å². The van der Waals surface area contributed by atoms with Crippen molar-refractivity contribution in [1.82, 2.24) is 9.80 Å². The lowest BCUT2D eigenvalue weighted by Crippen LogP contribution is -2.33. The highest BCUT2D eigenvalue weighted by Gasteiger charge is 2.44. The fourth-order valence-electron chi connectivity index (χ4n) is 3.92. The molecule has 0 radical (unpaired) electrons. The maximum absolute atomic E-state index is 13.5. The van der Waals surface area contributed by atoms with Gasteiger partial charge < -0.3 is 19.3 Å². The number of aliphatic hydroxyl groups excluding tert-OH is 1. The van der Waals surface area contributed by atoms with Crippen LogP contribution in [-0.4, -0.2) is 53.8 Å². The summed E-state index contributed by atoms with van der Waals surface area (Å²) >= 11 is 9.46. The fraction of sp³-hybridized carbons (Fsp3) is 0.250. The van der Waals surface area contributed by atoms with Gasteiger partial charge >= 0.3 is 0 Å². The predicted molar refractivity (Wildman–Crippen MR) is 127 cm³/mol. The maximum atomic E-state index is 13.5. The minimum Gasteiger partial charge on any atom is -0.503 e. The molecule has 1 aliphatic rings.